The SMILES string of the molecule is CCOCCN1CCN(Cc2cccc(C(F)(F)F)c2)CC1. The summed E-state index contributed by atoms with van der Waals surface area (Å²) in [6.07, 6.45) is -4.27. The minimum atomic E-state index is -4.27. The van der Waals surface area contributed by atoms with Gasteiger partial charge in [-0.3, -0.25) is 9.80 Å². The van der Waals surface area contributed by atoms with E-state index in [9.17, 15) is 13.2 Å². The van der Waals surface area contributed by atoms with Crippen molar-refractivity contribution in [2.45, 2.75) is 19.6 Å². The lowest BCUT2D eigenvalue weighted by atomic mass is 10.1. The van der Waals surface area contributed by atoms with Crippen molar-refractivity contribution in [1.29, 1.82) is 0 Å². The molecular formula is C16H23F3N2O. The van der Waals surface area contributed by atoms with Crippen LogP contribution in [0.5, 0.6) is 0 Å². The molecule has 0 unspecified atom stereocenters. The van der Waals surface area contributed by atoms with E-state index < -0.39 is 11.7 Å². The first kappa shape index (κ1) is 17.2. The molecule has 3 nitrogen and oxygen atoms in total. The number of hydrogen-bond acceptors (Lipinski definition) is 3. The van der Waals surface area contributed by atoms with Crippen molar-refractivity contribution in [3.05, 3.63) is 35.4 Å². The number of alkyl halides is 3. The Morgan fingerprint density at radius 2 is 1.77 bits per heavy atom. The van der Waals surface area contributed by atoms with Gasteiger partial charge < -0.3 is 4.74 Å². The van der Waals surface area contributed by atoms with Gasteiger partial charge in [0, 0.05) is 45.9 Å². The van der Waals surface area contributed by atoms with Crippen LogP contribution >= 0.6 is 0 Å². The summed E-state index contributed by atoms with van der Waals surface area (Å²) in [6, 6.07) is 5.61. The number of rotatable bonds is 6. The van der Waals surface area contributed by atoms with Gasteiger partial charge in [-0.1, -0.05) is 18.2 Å². The fourth-order valence-corrected chi connectivity index (χ4v) is 2.61. The van der Waals surface area contributed by atoms with Crippen LogP contribution < -0.4 is 0 Å². The second kappa shape index (κ2) is 7.94. The molecule has 2 rings (SSSR count). The maximum Gasteiger partial charge on any atom is 0.416 e. The molecule has 0 spiro atoms. The Bertz CT molecular complexity index is 457. The van der Waals surface area contributed by atoms with E-state index in [0.29, 0.717) is 6.54 Å². The van der Waals surface area contributed by atoms with Crippen molar-refractivity contribution < 1.29 is 17.9 Å². The highest BCUT2D eigenvalue weighted by molar-refractivity contribution is 5.25. The van der Waals surface area contributed by atoms with Crippen LogP contribution in [-0.4, -0.2) is 55.7 Å². The summed E-state index contributed by atoms with van der Waals surface area (Å²) in [6.45, 7) is 8.57. The van der Waals surface area contributed by atoms with Crippen LogP contribution in [0.3, 0.4) is 0 Å². The summed E-state index contributed by atoms with van der Waals surface area (Å²) in [4.78, 5) is 4.53. The highest BCUT2D eigenvalue weighted by Crippen LogP contribution is 2.29. The quantitative estimate of drug-likeness (QED) is 0.751. The van der Waals surface area contributed by atoms with Crippen LogP contribution in [-0.2, 0) is 17.5 Å². The lowest BCUT2D eigenvalue weighted by Crippen LogP contribution is -2.46. The van der Waals surface area contributed by atoms with Crippen LogP contribution in [0, 0.1) is 0 Å². The lowest BCUT2D eigenvalue weighted by Gasteiger charge is -2.34. The Balaban J connectivity index is 1.81. The van der Waals surface area contributed by atoms with Gasteiger partial charge in [0.2, 0.25) is 0 Å². The molecule has 0 bridgehead atoms. The molecule has 0 saturated carbocycles. The molecule has 22 heavy (non-hydrogen) atoms. The van der Waals surface area contributed by atoms with E-state index in [0.717, 1.165) is 57.6 Å². The van der Waals surface area contributed by atoms with Gasteiger partial charge in [-0.25, -0.2) is 0 Å². The van der Waals surface area contributed by atoms with Crippen molar-refractivity contribution in [3.8, 4) is 0 Å². The Kier molecular flexibility index (Phi) is 6.23. The Morgan fingerprint density at radius 3 is 2.41 bits per heavy atom. The van der Waals surface area contributed by atoms with Crippen LogP contribution in [0.4, 0.5) is 13.2 Å². The number of piperazine rings is 1. The van der Waals surface area contributed by atoms with E-state index in [2.05, 4.69) is 9.80 Å². The number of halogens is 3. The maximum absolute atomic E-state index is 12.7. The molecule has 0 aromatic heterocycles. The largest absolute Gasteiger partial charge is 0.416 e. The zero-order valence-electron chi connectivity index (χ0n) is 12.9. The molecule has 1 aromatic rings. The molecule has 1 aromatic carbocycles. The molecule has 124 valence electrons. The van der Waals surface area contributed by atoms with Crippen molar-refractivity contribution in [1.82, 2.24) is 9.80 Å². The zero-order valence-corrected chi connectivity index (χ0v) is 12.9. The molecule has 1 aliphatic heterocycles. The van der Waals surface area contributed by atoms with Crippen LogP contribution in [0.25, 0.3) is 0 Å². The lowest BCUT2D eigenvalue weighted by molar-refractivity contribution is -0.137. The van der Waals surface area contributed by atoms with E-state index in [-0.39, 0.29) is 0 Å². The summed E-state index contributed by atoms with van der Waals surface area (Å²) in [5.74, 6) is 0. The summed E-state index contributed by atoms with van der Waals surface area (Å²) >= 11 is 0. The van der Waals surface area contributed by atoms with Crippen molar-refractivity contribution >= 4 is 0 Å². The fraction of sp³-hybridized carbons (Fsp3) is 0.625. The molecule has 1 aliphatic rings. The molecular weight excluding hydrogens is 293 g/mol. The average molecular weight is 316 g/mol. The molecule has 0 N–H and O–H groups in total. The summed E-state index contributed by atoms with van der Waals surface area (Å²) in [5, 5.41) is 0. The molecule has 6 heteroatoms. The number of nitrogens with zero attached hydrogens (tertiary/aromatic N) is 2. The number of benzene rings is 1. The Morgan fingerprint density at radius 1 is 1.09 bits per heavy atom. The monoisotopic (exact) mass is 316 g/mol. The highest BCUT2D eigenvalue weighted by atomic mass is 19.4. The smallest absolute Gasteiger partial charge is 0.380 e. The van der Waals surface area contributed by atoms with E-state index in [1.807, 2.05) is 6.92 Å². The van der Waals surface area contributed by atoms with E-state index in [1.54, 1.807) is 6.07 Å². The Hall–Kier alpha value is -1.11. The van der Waals surface area contributed by atoms with E-state index in [4.69, 9.17) is 4.74 Å². The van der Waals surface area contributed by atoms with Gasteiger partial charge in [0.05, 0.1) is 12.2 Å². The standard InChI is InChI=1S/C16H23F3N2O/c1-2-22-11-10-20-6-8-21(9-7-20)13-14-4-3-5-15(12-14)16(17,18)19/h3-5,12H,2,6-11,13H2,1H3. The summed E-state index contributed by atoms with van der Waals surface area (Å²) < 4.78 is 43.5. The third-order valence-corrected chi connectivity index (χ3v) is 3.88. The van der Waals surface area contributed by atoms with E-state index >= 15 is 0 Å². The van der Waals surface area contributed by atoms with Gasteiger partial charge in [0.25, 0.3) is 0 Å². The highest BCUT2D eigenvalue weighted by Gasteiger charge is 2.30. The van der Waals surface area contributed by atoms with Gasteiger partial charge in [-0.15, -0.1) is 0 Å². The Labute approximate surface area is 129 Å². The molecule has 1 saturated heterocycles. The first-order valence-electron chi connectivity index (χ1n) is 7.67. The van der Waals surface area contributed by atoms with Crippen molar-refractivity contribution in [2.75, 3.05) is 45.9 Å². The molecule has 1 heterocycles. The zero-order chi connectivity index (χ0) is 16.0. The van der Waals surface area contributed by atoms with Crippen molar-refractivity contribution in [2.24, 2.45) is 0 Å². The second-order valence-corrected chi connectivity index (χ2v) is 5.51. The number of ether oxygens (including phenoxy) is 1. The van der Waals surface area contributed by atoms with Gasteiger partial charge >= 0.3 is 6.18 Å². The predicted octanol–water partition coefficient (Wildman–Crippen LogP) is 2.86. The molecule has 0 radical (unpaired) electrons. The second-order valence-electron chi connectivity index (χ2n) is 5.51. The number of hydrogen-bond donors (Lipinski definition) is 0. The average Bonchev–Trinajstić information content (AvgIpc) is 2.49. The van der Waals surface area contributed by atoms with Crippen LogP contribution in [0.2, 0.25) is 0 Å². The van der Waals surface area contributed by atoms with Gasteiger partial charge in [0.15, 0.2) is 0 Å². The predicted molar refractivity (Wildman–Crippen MR) is 79.7 cm³/mol. The van der Waals surface area contributed by atoms with Gasteiger partial charge in [-0.2, -0.15) is 13.2 Å². The molecule has 0 amide bonds. The summed E-state index contributed by atoms with van der Waals surface area (Å²) in [7, 11) is 0. The van der Waals surface area contributed by atoms with Crippen LogP contribution in [0.1, 0.15) is 18.1 Å². The minimum absolute atomic E-state index is 0.569. The first-order chi connectivity index (χ1) is 10.5. The third-order valence-electron chi connectivity index (χ3n) is 3.88. The molecule has 0 aliphatic carbocycles. The van der Waals surface area contributed by atoms with E-state index in [1.165, 1.54) is 12.1 Å². The maximum atomic E-state index is 12.7. The third kappa shape index (κ3) is 5.26. The van der Waals surface area contributed by atoms with Crippen molar-refractivity contribution in [3.63, 3.8) is 0 Å². The van der Waals surface area contributed by atoms with Gasteiger partial charge in [0.1, 0.15) is 0 Å². The topological polar surface area (TPSA) is 15.7 Å². The normalized spacial score (nSPS) is 17.8. The molecule has 1 fully saturated rings. The van der Waals surface area contributed by atoms with Gasteiger partial charge in [-0.05, 0) is 18.6 Å². The summed E-state index contributed by atoms with van der Waals surface area (Å²) in [5.41, 5.74) is 0.151. The molecule has 0 atom stereocenters. The minimum Gasteiger partial charge on any atom is -0.380 e. The van der Waals surface area contributed by atoms with Crippen LogP contribution in [0.15, 0.2) is 24.3 Å². The first-order valence-corrected chi connectivity index (χ1v) is 7.67. The fourth-order valence-electron chi connectivity index (χ4n) is 2.61.